The molecule has 12 atom stereocenters. The van der Waals surface area contributed by atoms with Crippen molar-refractivity contribution in [3.63, 3.8) is 0 Å². The third-order valence-corrected chi connectivity index (χ3v) is 13.5. The maximum absolute atomic E-state index is 12.9. The van der Waals surface area contributed by atoms with E-state index in [2.05, 4.69) is 27.7 Å². The molecule has 220 valence electrons. The number of benzene rings is 1. The third kappa shape index (κ3) is 4.03. The minimum Gasteiger partial charge on any atom is -0.497 e. The highest BCUT2D eigenvalue weighted by Crippen LogP contribution is 2.71. The molecule has 2 aliphatic heterocycles. The SMILES string of the molecule is COc1ccc(C(=O)O[C@@H]2CC[C@@]3(C)[C@H](CC[C@@H]4[C@H]3CC[C@]3(C)[C@H]5[C@H](C[C@@H]43)O[C@@]3(CC[C@H](C)CO3)[C@H]5C)C2)cc1. The molecule has 6 fully saturated rings. The highest BCUT2D eigenvalue weighted by Gasteiger charge is 2.69. The van der Waals surface area contributed by atoms with Gasteiger partial charge in [-0.05, 0) is 128 Å². The topological polar surface area (TPSA) is 54.0 Å². The summed E-state index contributed by atoms with van der Waals surface area (Å²) in [6.07, 6.45) is 12.4. The summed E-state index contributed by atoms with van der Waals surface area (Å²) in [5, 5.41) is 0. The van der Waals surface area contributed by atoms with Crippen molar-refractivity contribution in [2.24, 2.45) is 52.3 Å². The molecule has 1 aromatic rings. The van der Waals surface area contributed by atoms with Crippen LogP contribution in [0.25, 0.3) is 0 Å². The Morgan fingerprint density at radius 2 is 1.68 bits per heavy atom. The van der Waals surface area contributed by atoms with Crippen LogP contribution in [0.1, 0.15) is 102 Å². The van der Waals surface area contributed by atoms with Gasteiger partial charge in [-0.3, -0.25) is 0 Å². The van der Waals surface area contributed by atoms with Gasteiger partial charge >= 0.3 is 5.97 Å². The van der Waals surface area contributed by atoms with E-state index in [9.17, 15) is 4.79 Å². The number of hydrogen-bond donors (Lipinski definition) is 0. The molecule has 1 spiro atoms. The first-order valence-electron chi connectivity index (χ1n) is 16.3. The second kappa shape index (κ2) is 9.73. The summed E-state index contributed by atoms with van der Waals surface area (Å²) >= 11 is 0. The molecule has 0 amide bonds. The van der Waals surface area contributed by atoms with Crippen LogP contribution in [-0.2, 0) is 14.2 Å². The minimum absolute atomic E-state index is 0.0348. The molecule has 4 aliphatic carbocycles. The molecule has 2 saturated heterocycles. The first kappa shape index (κ1) is 27.3. The van der Waals surface area contributed by atoms with E-state index in [1.807, 2.05) is 24.3 Å². The molecule has 40 heavy (non-hydrogen) atoms. The molecular formula is C35H50O5. The molecule has 1 aromatic carbocycles. The second-order valence-corrected chi connectivity index (χ2v) is 15.2. The van der Waals surface area contributed by atoms with Crippen molar-refractivity contribution in [1.29, 1.82) is 0 Å². The summed E-state index contributed by atoms with van der Waals surface area (Å²) in [6, 6.07) is 7.28. The molecule has 7 rings (SSSR count). The molecule has 0 aromatic heterocycles. The Kier molecular flexibility index (Phi) is 6.63. The Hall–Kier alpha value is -1.59. The number of methoxy groups -OCH3 is 1. The molecule has 0 unspecified atom stereocenters. The molecular weight excluding hydrogens is 500 g/mol. The number of carbonyl (C=O) groups is 1. The smallest absolute Gasteiger partial charge is 0.338 e. The highest BCUT2D eigenvalue weighted by molar-refractivity contribution is 5.89. The Morgan fingerprint density at radius 1 is 0.900 bits per heavy atom. The number of ether oxygens (including phenoxy) is 4. The van der Waals surface area contributed by atoms with Gasteiger partial charge in [-0.2, -0.15) is 0 Å². The Morgan fingerprint density at radius 3 is 2.40 bits per heavy atom. The molecule has 0 N–H and O–H groups in total. The van der Waals surface area contributed by atoms with E-state index in [1.54, 1.807) is 7.11 Å². The maximum atomic E-state index is 12.9. The number of esters is 1. The maximum Gasteiger partial charge on any atom is 0.338 e. The van der Waals surface area contributed by atoms with Crippen LogP contribution >= 0.6 is 0 Å². The zero-order chi connectivity index (χ0) is 27.9. The van der Waals surface area contributed by atoms with Gasteiger partial charge in [0, 0.05) is 12.3 Å². The molecule has 0 radical (unpaired) electrons. The van der Waals surface area contributed by atoms with Gasteiger partial charge in [0.25, 0.3) is 0 Å². The van der Waals surface area contributed by atoms with Crippen molar-refractivity contribution >= 4 is 5.97 Å². The van der Waals surface area contributed by atoms with E-state index in [0.717, 1.165) is 49.4 Å². The predicted molar refractivity (Wildman–Crippen MR) is 154 cm³/mol. The van der Waals surface area contributed by atoms with Gasteiger partial charge in [-0.1, -0.05) is 27.7 Å². The van der Waals surface area contributed by atoms with Gasteiger partial charge in [0.15, 0.2) is 5.79 Å². The number of fused-ring (bicyclic) bond motifs is 7. The van der Waals surface area contributed by atoms with Crippen molar-refractivity contribution < 1.29 is 23.7 Å². The van der Waals surface area contributed by atoms with Crippen molar-refractivity contribution in [3.8, 4) is 5.75 Å². The Bertz CT molecular complexity index is 1110. The quantitative estimate of drug-likeness (QED) is 0.362. The van der Waals surface area contributed by atoms with Crippen molar-refractivity contribution in [3.05, 3.63) is 29.8 Å². The van der Waals surface area contributed by atoms with E-state index >= 15 is 0 Å². The van der Waals surface area contributed by atoms with E-state index in [4.69, 9.17) is 18.9 Å². The van der Waals surface area contributed by atoms with E-state index in [0.29, 0.717) is 46.2 Å². The number of rotatable bonds is 3. The normalized spacial score (nSPS) is 49.5. The van der Waals surface area contributed by atoms with E-state index in [-0.39, 0.29) is 17.9 Å². The first-order chi connectivity index (χ1) is 19.2. The average Bonchev–Trinajstić information content (AvgIpc) is 3.40. The predicted octanol–water partition coefficient (Wildman–Crippen LogP) is 7.67. The fraction of sp³-hybridized carbons (Fsp3) is 0.800. The minimum atomic E-state index is -0.321. The lowest BCUT2D eigenvalue weighted by Crippen LogP contribution is -2.55. The number of hydrogen-bond acceptors (Lipinski definition) is 5. The standard InChI is InChI=1S/C35H50O5/c1-21-12-17-35(38-20-21)22(2)31-30(40-35)19-29-27-11-8-24-18-26(39-32(36)23-6-9-25(37-5)10-7-23)13-15-33(24,3)28(27)14-16-34(29,31)4/h6-7,9-10,21-22,24,26-31H,8,11-20H2,1-5H3/t21-,22-,24+,26+,27+,28+,29-,30-,31+,33-,34-,35-/m0/s1. The van der Waals surface area contributed by atoms with Crippen LogP contribution in [-0.4, -0.2) is 37.7 Å². The average molecular weight is 551 g/mol. The number of carbonyl (C=O) groups excluding carboxylic acids is 1. The van der Waals surface area contributed by atoms with Gasteiger partial charge in [0.2, 0.25) is 0 Å². The molecule has 6 aliphatic rings. The van der Waals surface area contributed by atoms with Crippen LogP contribution in [0.2, 0.25) is 0 Å². The zero-order valence-electron chi connectivity index (χ0n) is 25.3. The monoisotopic (exact) mass is 550 g/mol. The van der Waals surface area contributed by atoms with Crippen LogP contribution in [0, 0.1) is 52.3 Å². The summed E-state index contributed by atoms with van der Waals surface area (Å²) in [5.41, 5.74) is 1.35. The molecule has 5 nitrogen and oxygen atoms in total. The van der Waals surface area contributed by atoms with Gasteiger partial charge in [0.05, 0.1) is 25.4 Å². The third-order valence-electron chi connectivity index (χ3n) is 13.5. The van der Waals surface area contributed by atoms with Crippen LogP contribution in [0.5, 0.6) is 5.75 Å². The first-order valence-corrected chi connectivity index (χ1v) is 16.3. The van der Waals surface area contributed by atoms with Crippen molar-refractivity contribution in [2.45, 2.75) is 110 Å². The van der Waals surface area contributed by atoms with E-state index < -0.39 is 0 Å². The molecule has 5 heteroatoms. The summed E-state index contributed by atoms with van der Waals surface area (Å²) in [7, 11) is 1.64. The molecule has 0 bridgehead atoms. The van der Waals surface area contributed by atoms with Crippen LogP contribution in [0.15, 0.2) is 24.3 Å². The molecule has 2 heterocycles. The summed E-state index contributed by atoms with van der Waals surface area (Å²) in [4.78, 5) is 12.9. The van der Waals surface area contributed by atoms with Crippen LogP contribution < -0.4 is 4.74 Å². The fourth-order valence-corrected chi connectivity index (χ4v) is 11.3. The van der Waals surface area contributed by atoms with E-state index in [1.165, 1.54) is 44.9 Å². The van der Waals surface area contributed by atoms with Crippen molar-refractivity contribution in [1.82, 2.24) is 0 Å². The summed E-state index contributed by atoms with van der Waals surface area (Å²) in [5.74, 6) is 5.03. The molecule has 4 saturated carbocycles. The lowest BCUT2D eigenvalue weighted by Gasteiger charge is -2.61. The van der Waals surface area contributed by atoms with Gasteiger partial charge in [-0.15, -0.1) is 0 Å². The highest BCUT2D eigenvalue weighted by atomic mass is 16.7. The van der Waals surface area contributed by atoms with Crippen molar-refractivity contribution in [2.75, 3.05) is 13.7 Å². The summed E-state index contributed by atoms with van der Waals surface area (Å²) in [6.45, 7) is 10.8. The lowest BCUT2D eigenvalue weighted by molar-refractivity contribution is -0.273. The van der Waals surface area contributed by atoms with Gasteiger partial charge in [0.1, 0.15) is 11.9 Å². The Labute approximate surface area is 241 Å². The second-order valence-electron chi connectivity index (χ2n) is 15.2. The van der Waals surface area contributed by atoms with Crippen LogP contribution in [0.3, 0.4) is 0 Å². The van der Waals surface area contributed by atoms with Crippen LogP contribution in [0.4, 0.5) is 0 Å². The fourth-order valence-electron chi connectivity index (χ4n) is 11.3. The lowest BCUT2D eigenvalue weighted by atomic mass is 9.44. The van der Waals surface area contributed by atoms with Gasteiger partial charge < -0.3 is 18.9 Å². The largest absolute Gasteiger partial charge is 0.497 e. The zero-order valence-corrected chi connectivity index (χ0v) is 25.3. The Balaban J connectivity index is 1.03. The summed E-state index contributed by atoms with van der Waals surface area (Å²) < 4.78 is 24.8. The van der Waals surface area contributed by atoms with Gasteiger partial charge in [-0.25, -0.2) is 4.79 Å².